The van der Waals surface area contributed by atoms with E-state index in [1.54, 1.807) is 48.3 Å². The van der Waals surface area contributed by atoms with E-state index in [0.29, 0.717) is 34.8 Å². The van der Waals surface area contributed by atoms with Crippen LogP contribution in [0.1, 0.15) is 28.6 Å². The molecule has 0 fully saturated rings. The number of aromatic amines is 2. The first-order valence-corrected chi connectivity index (χ1v) is 11.0. The van der Waals surface area contributed by atoms with Crippen molar-refractivity contribution in [2.75, 3.05) is 12.0 Å². The van der Waals surface area contributed by atoms with Crippen LogP contribution in [0.25, 0.3) is 22.4 Å². The predicted molar refractivity (Wildman–Crippen MR) is 120 cm³/mol. The molecule has 1 aromatic carbocycles. The van der Waals surface area contributed by atoms with Crippen molar-refractivity contribution < 1.29 is 9.18 Å². The molecular formula is C22H20FN5O2S. The summed E-state index contributed by atoms with van der Waals surface area (Å²) in [5.41, 5.74) is 1.51. The minimum atomic E-state index is -0.479. The molecule has 0 radical (unpaired) electrons. The summed E-state index contributed by atoms with van der Waals surface area (Å²) in [4.78, 5) is 39.6. The number of carbonyl (C=O) groups is 1. The lowest BCUT2D eigenvalue weighted by Crippen LogP contribution is -2.31. The number of halogens is 1. The number of pyridine rings is 1. The molecule has 1 atom stereocenters. The number of thioether (sulfide) groups is 1. The van der Waals surface area contributed by atoms with Gasteiger partial charge in [-0.15, -0.1) is 0 Å². The van der Waals surface area contributed by atoms with Crippen molar-refractivity contribution in [2.45, 2.75) is 12.5 Å². The number of amides is 1. The molecule has 158 valence electrons. The van der Waals surface area contributed by atoms with E-state index < -0.39 is 6.04 Å². The lowest BCUT2D eigenvalue weighted by atomic mass is 10.1. The standard InChI is InChI=1S/C22H20FN5O2S/c1-31-9-7-15(18-12-20(29)28-21(26-18)16-4-2-3-8-24-16)27-22(30)19-10-13-5-6-14(23)11-17(13)25-19/h2-6,8,10-12,15,25H,7,9H2,1H3,(H,27,30)(H,26,28,29)/t15-/m1/s1. The van der Waals surface area contributed by atoms with Gasteiger partial charge < -0.3 is 15.3 Å². The highest BCUT2D eigenvalue weighted by Crippen LogP contribution is 2.21. The average Bonchev–Trinajstić information content (AvgIpc) is 3.20. The fraction of sp³-hybridized carbons (Fsp3) is 0.182. The zero-order chi connectivity index (χ0) is 21.8. The van der Waals surface area contributed by atoms with Gasteiger partial charge in [-0.05, 0) is 54.8 Å². The Kier molecular flexibility index (Phi) is 6.13. The highest BCUT2D eigenvalue weighted by Gasteiger charge is 2.20. The van der Waals surface area contributed by atoms with Crippen molar-refractivity contribution >= 4 is 28.6 Å². The summed E-state index contributed by atoms with van der Waals surface area (Å²) in [6, 6.07) is 12.2. The molecule has 4 aromatic rings. The molecule has 0 aliphatic heterocycles. The average molecular weight is 438 g/mol. The lowest BCUT2D eigenvalue weighted by molar-refractivity contribution is 0.0930. The highest BCUT2D eigenvalue weighted by molar-refractivity contribution is 7.98. The van der Waals surface area contributed by atoms with E-state index in [-0.39, 0.29) is 17.3 Å². The minimum absolute atomic E-state index is 0.310. The molecule has 0 aliphatic rings. The van der Waals surface area contributed by atoms with Gasteiger partial charge in [0.1, 0.15) is 17.2 Å². The number of hydrogen-bond donors (Lipinski definition) is 3. The summed E-state index contributed by atoms with van der Waals surface area (Å²) >= 11 is 1.63. The number of fused-ring (bicyclic) bond motifs is 1. The molecule has 31 heavy (non-hydrogen) atoms. The molecule has 9 heteroatoms. The van der Waals surface area contributed by atoms with Gasteiger partial charge in [0.05, 0.1) is 11.7 Å². The molecule has 0 unspecified atom stereocenters. The van der Waals surface area contributed by atoms with Crippen molar-refractivity contribution in [3.05, 3.63) is 82.3 Å². The second-order valence-corrected chi connectivity index (χ2v) is 7.94. The van der Waals surface area contributed by atoms with Gasteiger partial charge in [0.15, 0.2) is 5.82 Å². The van der Waals surface area contributed by atoms with Crippen molar-refractivity contribution in [1.82, 2.24) is 25.3 Å². The predicted octanol–water partition coefficient (Wildman–Crippen LogP) is 3.68. The molecule has 0 saturated heterocycles. The molecular weight excluding hydrogens is 417 g/mol. The van der Waals surface area contributed by atoms with E-state index in [9.17, 15) is 14.0 Å². The molecule has 3 aromatic heterocycles. The van der Waals surface area contributed by atoms with Gasteiger partial charge in [0, 0.05) is 23.2 Å². The molecule has 0 aliphatic carbocycles. The number of nitrogens with one attached hydrogen (secondary N) is 3. The molecule has 1 amide bonds. The van der Waals surface area contributed by atoms with Gasteiger partial charge in [-0.25, -0.2) is 9.37 Å². The first kappa shape index (κ1) is 20.8. The van der Waals surface area contributed by atoms with Crippen molar-refractivity contribution in [3.63, 3.8) is 0 Å². The van der Waals surface area contributed by atoms with E-state index in [1.807, 2.05) is 6.26 Å². The van der Waals surface area contributed by atoms with Crippen LogP contribution in [-0.4, -0.2) is 37.9 Å². The van der Waals surface area contributed by atoms with Crippen LogP contribution in [0.4, 0.5) is 4.39 Å². The number of hydrogen-bond acceptors (Lipinski definition) is 5. The molecule has 3 N–H and O–H groups in total. The number of nitrogens with zero attached hydrogens (tertiary/aromatic N) is 2. The summed E-state index contributed by atoms with van der Waals surface area (Å²) in [6.45, 7) is 0. The Bertz CT molecular complexity index is 1270. The largest absolute Gasteiger partial charge is 0.350 e. The Balaban J connectivity index is 1.64. The SMILES string of the molecule is CSCC[C@@H](NC(=O)c1cc2ccc(F)cc2[nH]1)c1cc(=O)[nH]c(-c2ccccn2)n1. The number of aromatic nitrogens is 4. The quantitative estimate of drug-likeness (QED) is 0.409. The Labute approximate surface area is 181 Å². The first-order chi connectivity index (χ1) is 15.0. The summed E-state index contributed by atoms with van der Waals surface area (Å²) < 4.78 is 13.5. The molecule has 0 spiro atoms. The van der Waals surface area contributed by atoms with Gasteiger partial charge in [0.25, 0.3) is 11.5 Å². The Hall–Kier alpha value is -3.46. The van der Waals surface area contributed by atoms with Gasteiger partial charge in [-0.3, -0.25) is 14.6 Å². The van der Waals surface area contributed by atoms with E-state index in [0.717, 1.165) is 11.1 Å². The summed E-state index contributed by atoms with van der Waals surface area (Å²) in [6.07, 6.45) is 4.17. The third kappa shape index (κ3) is 4.83. The smallest absolute Gasteiger partial charge is 0.268 e. The minimum Gasteiger partial charge on any atom is -0.350 e. The maximum Gasteiger partial charge on any atom is 0.268 e. The zero-order valence-electron chi connectivity index (χ0n) is 16.7. The number of rotatable bonds is 7. The molecule has 3 heterocycles. The summed E-state index contributed by atoms with van der Waals surface area (Å²) in [5, 5.41) is 3.69. The number of H-pyrrole nitrogens is 2. The van der Waals surface area contributed by atoms with E-state index >= 15 is 0 Å². The molecule has 7 nitrogen and oxygen atoms in total. The van der Waals surface area contributed by atoms with Gasteiger partial charge in [-0.2, -0.15) is 11.8 Å². The van der Waals surface area contributed by atoms with E-state index in [1.165, 1.54) is 18.2 Å². The van der Waals surface area contributed by atoms with Gasteiger partial charge >= 0.3 is 0 Å². The van der Waals surface area contributed by atoms with Crippen molar-refractivity contribution in [2.24, 2.45) is 0 Å². The van der Waals surface area contributed by atoms with Crippen LogP contribution in [0.15, 0.2) is 59.5 Å². The summed E-state index contributed by atoms with van der Waals surface area (Å²) in [5.74, 6) is 0.363. The van der Waals surface area contributed by atoms with Gasteiger partial charge in [-0.1, -0.05) is 6.07 Å². The molecule has 0 bridgehead atoms. The number of benzene rings is 1. The van der Waals surface area contributed by atoms with Crippen LogP contribution in [0.5, 0.6) is 0 Å². The number of carbonyl (C=O) groups excluding carboxylic acids is 1. The second kappa shape index (κ2) is 9.13. The second-order valence-electron chi connectivity index (χ2n) is 6.96. The monoisotopic (exact) mass is 437 g/mol. The van der Waals surface area contributed by atoms with Crippen LogP contribution < -0.4 is 10.9 Å². The maximum absolute atomic E-state index is 13.5. The maximum atomic E-state index is 13.5. The molecule has 4 rings (SSSR count). The van der Waals surface area contributed by atoms with Crippen LogP contribution in [0, 0.1) is 5.82 Å². The highest BCUT2D eigenvalue weighted by atomic mass is 32.2. The van der Waals surface area contributed by atoms with Crippen molar-refractivity contribution in [3.8, 4) is 11.5 Å². The van der Waals surface area contributed by atoms with E-state index in [2.05, 4.69) is 25.3 Å². The van der Waals surface area contributed by atoms with Crippen LogP contribution in [-0.2, 0) is 0 Å². The fourth-order valence-electron chi connectivity index (χ4n) is 3.27. The Morgan fingerprint density at radius 3 is 2.84 bits per heavy atom. The van der Waals surface area contributed by atoms with Crippen LogP contribution >= 0.6 is 11.8 Å². The Morgan fingerprint density at radius 2 is 2.06 bits per heavy atom. The fourth-order valence-corrected chi connectivity index (χ4v) is 3.74. The van der Waals surface area contributed by atoms with E-state index in [4.69, 9.17) is 0 Å². The topological polar surface area (TPSA) is 104 Å². The zero-order valence-corrected chi connectivity index (χ0v) is 17.5. The third-order valence-electron chi connectivity index (χ3n) is 4.77. The van der Waals surface area contributed by atoms with Crippen LogP contribution in [0.3, 0.4) is 0 Å². The first-order valence-electron chi connectivity index (χ1n) is 9.64. The lowest BCUT2D eigenvalue weighted by Gasteiger charge is -2.18. The third-order valence-corrected chi connectivity index (χ3v) is 5.42. The van der Waals surface area contributed by atoms with Crippen LogP contribution in [0.2, 0.25) is 0 Å². The summed E-state index contributed by atoms with van der Waals surface area (Å²) in [7, 11) is 0. The Morgan fingerprint density at radius 1 is 1.19 bits per heavy atom. The van der Waals surface area contributed by atoms with Gasteiger partial charge in [0.2, 0.25) is 0 Å². The normalized spacial score (nSPS) is 12.1. The molecule has 0 saturated carbocycles. The van der Waals surface area contributed by atoms with Crippen molar-refractivity contribution in [1.29, 1.82) is 0 Å².